The average molecular weight is 518 g/mol. The van der Waals surface area contributed by atoms with Crippen molar-refractivity contribution < 1.29 is 41.6 Å². The third-order valence-corrected chi connectivity index (χ3v) is 5.07. The van der Waals surface area contributed by atoms with Gasteiger partial charge in [0.1, 0.15) is 0 Å². The normalized spacial score (nSPS) is 10.1. The van der Waals surface area contributed by atoms with Crippen LogP contribution in [0.15, 0.2) is 48.5 Å². The van der Waals surface area contributed by atoms with Crippen molar-refractivity contribution in [2.75, 3.05) is 18.4 Å². The average Bonchev–Trinajstić information content (AvgIpc) is 2.64. The molecule has 1 aromatic carbocycles. The molecule has 175 valence electrons. The van der Waals surface area contributed by atoms with Gasteiger partial charge in [-0.2, -0.15) is 0 Å². The van der Waals surface area contributed by atoms with Crippen molar-refractivity contribution >= 4 is 5.69 Å². The van der Waals surface area contributed by atoms with E-state index in [1.54, 1.807) is 0 Å². The van der Waals surface area contributed by atoms with Crippen molar-refractivity contribution in [3.05, 3.63) is 88.0 Å². The summed E-state index contributed by atoms with van der Waals surface area (Å²) in [6, 6.07) is 16.9. The number of halogens is 2. The maximum Gasteiger partial charge on any atom is 2.00 e. The molecule has 1 N–H and O–H groups in total. The van der Waals surface area contributed by atoms with Crippen molar-refractivity contribution in [1.82, 2.24) is 14.9 Å². The van der Waals surface area contributed by atoms with Crippen LogP contribution in [0.4, 0.5) is 5.69 Å². The van der Waals surface area contributed by atoms with E-state index < -0.39 is 0 Å². The Hall–Kier alpha value is -1.63. The Kier molecular flexibility index (Phi) is 13.8. The molecule has 0 aliphatic heterocycles. The summed E-state index contributed by atoms with van der Waals surface area (Å²) < 4.78 is 0. The molecule has 0 atom stereocenters. The van der Waals surface area contributed by atoms with E-state index in [1.165, 1.54) is 22.4 Å². The van der Waals surface area contributed by atoms with Gasteiger partial charge in [0.2, 0.25) is 0 Å². The van der Waals surface area contributed by atoms with Gasteiger partial charge in [-0.15, -0.1) is 0 Å². The first-order valence-corrected chi connectivity index (χ1v) is 10.3. The van der Waals surface area contributed by atoms with E-state index in [1.807, 2.05) is 26.0 Å². The predicted octanol–water partition coefficient (Wildman–Crippen LogP) is -0.861. The van der Waals surface area contributed by atoms with Gasteiger partial charge in [0.05, 0.1) is 11.4 Å². The molecule has 2 aromatic heterocycles. The largest absolute Gasteiger partial charge is 2.00 e. The van der Waals surface area contributed by atoms with Gasteiger partial charge in [-0.3, -0.25) is 14.9 Å². The molecule has 0 bridgehead atoms. The van der Waals surface area contributed by atoms with Crippen LogP contribution in [0.2, 0.25) is 0 Å². The summed E-state index contributed by atoms with van der Waals surface area (Å²) >= 11 is 0. The minimum absolute atomic E-state index is 0. The second-order valence-corrected chi connectivity index (χ2v) is 7.95. The molecule has 0 spiro atoms. The molecule has 4 nitrogen and oxygen atoms in total. The number of nitrogens with one attached hydrogen (secondary N) is 1. The minimum Gasteiger partial charge on any atom is -1.00 e. The Balaban J connectivity index is 0.00000320. The Morgan fingerprint density at radius 1 is 0.750 bits per heavy atom. The van der Waals surface area contributed by atoms with Gasteiger partial charge < -0.3 is 30.1 Å². The summed E-state index contributed by atoms with van der Waals surface area (Å²) in [5.41, 5.74) is 9.46. The molecular weight excluding hydrogens is 486 g/mol. The zero-order valence-electron chi connectivity index (χ0n) is 19.4. The number of pyridine rings is 2. The first-order chi connectivity index (χ1) is 13.9. The van der Waals surface area contributed by atoms with Crippen LogP contribution in [0.25, 0.3) is 0 Å². The predicted molar refractivity (Wildman–Crippen MR) is 121 cm³/mol. The first kappa shape index (κ1) is 30.4. The van der Waals surface area contributed by atoms with Crippen molar-refractivity contribution in [3.8, 4) is 0 Å². The Bertz CT molecular complexity index is 911. The number of hydrogen-bond donors (Lipinski definition) is 1. The van der Waals surface area contributed by atoms with E-state index in [2.05, 4.69) is 67.4 Å². The van der Waals surface area contributed by atoms with Crippen LogP contribution in [-0.2, 0) is 29.9 Å². The maximum absolute atomic E-state index is 4.69. The first-order valence-electron chi connectivity index (χ1n) is 10.3. The molecule has 7 heteroatoms. The molecule has 3 aromatic rings. The molecule has 2 heterocycles. The molecular formula is C25H32Cl2CoN4. The molecule has 3 rings (SSSR count). The fourth-order valence-electron chi connectivity index (χ4n) is 3.85. The van der Waals surface area contributed by atoms with Crippen LogP contribution >= 0.6 is 0 Å². The monoisotopic (exact) mass is 517 g/mol. The van der Waals surface area contributed by atoms with Gasteiger partial charge >= 0.3 is 16.8 Å². The smallest absolute Gasteiger partial charge is 1.00 e. The second-order valence-electron chi connectivity index (χ2n) is 7.95. The van der Waals surface area contributed by atoms with E-state index in [0.29, 0.717) is 0 Å². The summed E-state index contributed by atoms with van der Waals surface area (Å²) in [5, 5.41) is 3.65. The van der Waals surface area contributed by atoms with Gasteiger partial charge in [-0.25, -0.2) is 0 Å². The third-order valence-electron chi connectivity index (χ3n) is 5.07. The maximum atomic E-state index is 4.69. The van der Waals surface area contributed by atoms with E-state index in [4.69, 9.17) is 9.97 Å². The van der Waals surface area contributed by atoms with Gasteiger partial charge in [0.25, 0.3) is 0 Å². The zero-order chi connectivity index (χ0) is 20.8. The fraction of sp³-hybridized carbons (Fsp3) is 0.360. The quantitative estimate of drug-likeness (QED) is 0.422. The molecule has 0 saturated carbocycles. The number of benzene rings is 1. The summed E-state index contributed by atoms with van der Waals surface area (Å²) in [5.74, 6) is 0. The van der Waals surface area contributed by atoms with E-state index in [-0.39, 0.29) is 41.6 Å². The molecule has 32 heavy (non-hydrogen) atoms. The summed E-state index contributed by atoms with van der Waals surface area (Å²) in [7, 11) is 0. The van der Waals surface area contributed by atoms with Gasteiger partial charge in [-0.1, -0.05) is 29.8 Å². The molecule has 0 amide bonds. The number of rotatable bonds is 8. The molecule has 0 aliphatic rings. The Morgan fingerprint density at radius 3 is 1.66 bits per heavy atom. The number of aryl methyl sites for hydroxylation is 5. The van der Waals surface area contributed by atoms with Gasteiger partial charge in [0.15, 0.2) is 0 Å². The van der Waals surface area contributed by atoms with Crippen LogP contribution in [-0.4, -0.2) is 28.0 Å². The van der Waals surface area contributed by atoms with Crippen molar-refractivity contribution in [3.63, 3.8) is 0 Å². The fourth-order valence-corrected chi connectivity index (χ4v) is 3.85. The summed E-state index contributed by atoms with van der Waals surface area (Å²) in [6.07, 6.45) is 0. The van der Waals surface area contributed by atoms with Gasteiger partial charge in [0, 0.05) is 43.3 Å². The van der Waals surface area contributed by atoms with Crippen LogP contribution in [0.3, 0.4) is 0 Å². The van der Waals surface area contributed by atoms with Crippen LogP contribution in [0, 0.1) is 34.6 Å². The van der Waals surface area contributed by atoms with Crippen LogP contribution in [0.1, 0.15) is 39.5 Å². The van der Waals surface area contributed by atoms with E-state index >= 15 is 0 Å². The summed E-state index contributed by atoms with van der Waals surface area (Å²) in [4.78, 5) is 11.8. The second kappa shape index (κ2) is 14.5. The van der Waals surface area contributed by atoms with Crippen molar-refractivity contribution in [1.29, 1.82) is 0 Å². The van der Waals surface area contributed by atoms with Gasteiger partial charge in [-0.05, 0) is 70.0 Å². The SMILES string of the molecule is Cc1cc(C)c(NCCN(Cc2cccc(C)n2)Cc2cccc(C)n2)c(C)c1.[Cl-].[Cl-].[Co+2]. The Labute approximate surface area is 215 Å². The van der Waals surface area contributed by atoms with E-state index in [9.17, 15) is 0 Å². The topological polar surface area (TPSA) is 41.0 Å². The molecule has 0 fully saturated rings. The van der Waals surface area contributed by atoms with Crippen LogP contribution < -0.4 is 30.1 Å². The third kappa shape index (κ3) is 9.08. The molecule has 1 radical (unpaired) electrons. The van der Waals surface area contributed by atoms with Crippen molar-refractivity contribution in [2.24, 2.45) is 0 Å². The molecule has 0 aliphatic carbocycles. The number of aromatic nitrogens is 2. The summed E-state index contributed by atoms with van der Waals surface area (Å²) in [6.45, 7) is 14.0. The minimum atomic E-state index is 0. The standard InChI is InChI=1S/C25H32N4.2ClH.Co/c1-18-14-19(2)25(20(3)15-18)26-12-13-29(16-23-10-6-8-21(4)27-23)17-24-11-7-9-22(5)28-24;;;/h6-11,14-15,26H,12-13,16-17H2,1-5H3;2*1H;/q;;;+2/p-2. The zero-order valence-corrected chi connectivity index (χ0v) is 21.9. The number of nitrogens with zero attached hydrogens (tertiary/aromatic N) is 3. The Morgan fingerprint density at radius 2 is 1.22 bits per heavy atom. The van der Waals surface area contributed by atoms with E-state index in [0.717, 1.165) is 49.0 Å². The molecule has 0 unspecified atom stereocenters. The number of hydrogen-bond acceptors (Lipinski definition) is 4. The molecule has 0 saturated heterocycles. The van der Waals surface area contributed by atoms with Crippen LogP contribution in [0.5, 0.6) is 0 Å². The number of anilines is 1. The van der Waals surface area contributed by atoms with Crippen molar-refractivity contribution in [2.45, 2.75) is 47.7 Å².